The Kier molecular flexibility index (Phi) is 29.6. The first-order valence-electron chi connectivity index (χ1n) is 34.6. The van der Waals surface area contributed by atoms with Crippen molar-refractivity contribution in [1.29, 1.82) is 0 Å². The highest BCUT2D eigenvalue weighted by Crippen LogP contribution is 2.46. The van der Waals surface area contributed by atoms with Gasteiger partial charge < -0.3 is 174 Å². The van der Waals surface area contributed by atoms with Gasteiger partial charge in [-0.15, -0.1) is 0 Å². The molecule has 602 valence electrons. The van der Waals surface area contributed by atoms with Crippen LogP contribution in [0.4, 0.5) is 0 Å². The number of carbonyl (C=O) groups is 7. The van der Waals surface area contributed by atoms with Crippen molar-refractivity contribution in [2.24, 2.45) is 23.7 Å². The number of carboxylic acid groups (broad SMARTS) is 3. The summed E-state index contributed by atoms with van der Waals surface area (Å²) in [6, 6.07) is 0. The molecule has 0 aromatic rings. The number of allylic oxidation sites excluding steroid dienone is 2. The fourth-order valence-electron chi connectivity index (χ4n) is 14.7. The Bertz CT molecular complexity index is 3020. The summed E-state index contributed by atoms with van der Waals surface area (Å²) in [5, 5.41) is 236. The van der Waals surface area contributed by atoms with Crippen LogP contribution < -0.4 is 0 Å². The Labute approximate surface area is 600 Å². The van der Waals surface area contributed by atoms with E-state index in [1.165, 1.54) is 12.2 Å². The largest absolute Gasteiger partial charge is 0.479 e. The van der Waals surface area contributed by atoms with Crippen molar-refractivity contribution < 1.29 is 207 Å². The molecule has 22 N–H and O–H groups in total. The molecule has 5 heterocycles. The van der Waals surface area contributed by atoms with E-state index >= 15 is 0 Å². The molecule has 9 fully saturated rings. The van der Waals surface area contributed by atoms with Gasteiger partial charge in [-0.05, 0) is 75.5 Å². The van der Waals surface area contributed by atoms with Gasteiger partial charge >= 0.3 is 41.8 Å². The SMILES string of the molecule is O=C(C=CC1CCC(O)C(O)C1)OCC1OC(OC2CC(O)C3CC(OC4OC(COC(=O)CC(=O)OC(C(=O)O)C(O)C(=O)O)C(O)C(O)C4OC4OC(CO)C(O)C(O)C4OC(=O)C=CC4CCC(O)C(O)C4)C(C4CC(O)C(O)C(OC5OC(C(=O)O)C(O)C(O)C5O)C4)OC3C2)C(O)C(O)C1O. The summed E-state index contributed by atoms with van der Waals surface area (Å²) < 4.78 is 75.5. The van der Waals surface area contributed by atoms with Crippen LogP contribution in [-0.2, 0) is 95.1 Å². The number of carboxylic acids is 3. The van der Waals surface area contributed by atoms with Gasteiger partial charge in [0.1, 0.15) is 111 Å². The molecule has 0 bridgehead atoms. The highest BCUT2D eigenvalue weighted by atomic mass is 16.8. The Morgan fingerprint density at radius 3 is 1.57 bits per heavy atom. The zero-order valence-electron chi connectivity index (χ0n) is 56.4. The predicted molar refractivity (Wildman–Crippen MR) is 330 cm³/mol. The van der Waals surface area contributed by atoms with Crippen LogP contribution in [0.2, 0.25) is 0 Å². The van der Waals surface area contributed by atoms with Gasteiger partial charge in [0.2, 0.25) is 6.10 Å². The number of hydrogen-bond donors (Lipinski definition) is 22. The summed E-state index contributed by atoms with van der Waals surface area (Å²) >= 11 is 0. The van der Waals surface area contributed by atoms with Crippen LogP contribution in [-0.4, -0.2) is 382 Å². The molecule has 0 spiro atoms. The zero-order chi connectivity index (χ0) is 77.6. The average Bonchev–Trinajstić information content (AvgIpc) is 0.763. The third-order valence-electron chi connectivity index (χ3n) is 20.7. The molecule has 4 aliphatic carbocycles. The Morgan fingerprint density at radius 2 is 0.972 bits per heavy atom. The first-order chi connectivity index (χ1) is 50.0. The van der Waals surface area contributed by atoms with E-state index in [1.54, 1.807) is 0 Å². The smallest absolute Gasteiger partial charge is 0.348 e. The quantitative estimate of drug-likeness (QED) is 0.0165. The maximum Gasteiger partial charge on any atom is 0.348 e. The van der Waals surface area contributed by atoms with Gasteiger partial charge in [-0.2, -0.15) is 0 Å². The molecule has 106 heavy (non-hydrogen) atoms. The lowest BCUT2D eigenvalue weighted by Gasteiger charge is -2.53. The lowest BCUT2D eigenvalue weighted by Crippen LogP contribution is -2.66. The second-order valence-electron chi connectivity index (χ2n) is 28.1. The van der Waals surface area contributed by atoms with Crippen LogP contribution in [0.25, 0.3) is 0 Å². The van der Waals surface area contributed by atoms with E-state index in [0.29, 0.717) is 12.8 Å². The van der Waals surface area contributed by atoms with Crippen LogP contribution in [0, 0.1) is 23.7 Å². The van der Waals surface area contributed by atoms with Gasteiger partial charge in [-0.1, -0.05) is 12.2 Å². The molecule has 42 heteroatoms. The summed E-state index contributed by atoms with van der Waals surface area (Å²) in [6.07, 6.45) is -61.9. The minimum absolute atomic E-state index is 0.0160. The topological polar surface area (TPSA) is 685 Å². The summed E-state index contributed by atoms with van der Waals surface area (Å²) in [7, 11) is 0. The van der Waals surface area contributed by atoms with Gasteiger partial charge in [-0.25, -0.2) is 24.0 Å². The van der Waals surface area contributed by atoms with Crippen LogP contribution in [0.1, 0.15) is 77.0 Å². The van der Waals surface area contributed by atoms with E-state index in [2.05, 4.69) is 4.74 Å². The van der Waals surface area contributed by atoms with E-state index in [1.807, 2.05) is 0 Å². The van der Waals surface area contributed by atoms with E-state index in [-0.39, 0.29) is 44.4 Å². The van der Waals surface area contributed by atoms with Gasteiger partial charge in [0.25, 0.3) is 0 Å². The number of ether oxygens (including phenoxy) is 13. The highest BCUT2D eigenvalue weighted by molar-refractivity contribution is 5.93. The molecule has 42 nitrogen and oxygen atoms in total. The lowest BCUT2D eigenvalue weighted by atomic mass is 9.72. The second kappa shape index (κ2) is 37.1. The molecule has 9 rings (SSSR count). The van der Waals surface area contributed by atoms with Crippen LogP contribution in [0.15, 0.2) is 24.3 Å². The minimum Gasteiger partial charge on any atom is -0.479 e. The van der Waals surface area contributed by atoms with Crippen molar-refractivity contribution in [2.75, 3.05) is 19.8 Å². The third-order valence-corrected chi connectivity index (χ3v) is 20.7. The molecule has 4 saturated carbocycles. The molecule has 0 aromatic carbocycles. The minimum atomic E-state index is -2.82. The molecular weight excluding hydrogens is 1440 g/mol. The normalized spacial score (nSPS) is 45.0. The van der Waals surface area contributed by atoms with Gasteiger partial charge in [0.15, 0.2) is 43.5 Å². The lowest BCUT2D eigenvalue weighted by molar-refractivity contribution is -0.380. The standard InChI is InChI=1S/C64H94O42/c65-17-34-42(77)47(82)56(103-38(73)8-4-21-2-6-26(67)29(70)10-21)64(100-34)106-57-48(83)44(79)36(19-95-39(74)16-40(75)104-55(60(92)93)52(87)58(88)89)102-63(57)99-33-15-24-27(68)13-23(96-61-50(85)45(80)43(78)35(101-61)18-94-37(72)7-3-20-1-5-25(66)28(69)9-20)14-31(24)97-53(33)22-11-30(71)41(76)32(12-22)98-62-51(86)46(81)49(84)54(105-62)59(90)91/h3-4,7-8,20-36,41-57,61-71,76-87H,1-2,5-6,9-19H2,(H,88,89)(H,90,91)(H,92,93). The third kappa shape index (κ3) is 20.4. The summed E-state index contributed by atoms with van der Waals surface area (Å²) in [5.74, 6) is -14.8. The monoisotopic (exact) mass is 1530 g/mol. The summed E-state index contributed by atoms with van der Waals surface area (Å²) in [4.78, 5) is 87.4. The molecule has 5 saturated heterocycles. The van der Waals surface area contributed by atoms with E-state index in [9.17, 15) is 141 Å². The second-order valence-corrected chi connectivity index (χ2v) is 28.1. The highest BCUT2D eigenvalue weighted by Gasteiger charge is 2.58. The van der Waals surface area contributed by atoms with Crippen LogP contribution in [0.3, 0.4) is 0 Å². The number of carbonyl (C=O) groups excluding carboxylic acids is 4. The predicted octanol–water partition coefficient (Wildman–Crippen LogP) is -10.8. The van der Waals surface area contributed by atoms with Gasteiger partial charge in [-0.3, -0.25) is 9.59 Å². The molecule has 38 unspecified atom stereocenters. The maximum atomic E-state index is 13.6. The number of aliphatic carboxylic acids is 3. The first kappa shape index (κ1) is 84.7. The molecule has 0 radical (unpaired) electrons. The molecule has 0 amide bonds. The van der Waals surface area contributed by atoms with Crippen molar-refractivity contribution >= 4 is 41.8 Å². The van der Waals surface area contributed by atoms with Crippen molar-refractivity contribution in [2.45, 2.75) is 285 Å². The number of fused-ring (bicyclic) bond motifs is 1. The van der Waals surface area contributed by atoms with Crippen LogP contribution >= 0.6 is 0 Å². The molecular formula is C64H94O42. The molecule has 38 atom stereocenters. The Morgan fingerprint density at radius 1 is 0.434 bits per heavy atom. The number of aliphatic hydroxyl groups is 19. The number of esters is 4. The van der Waals surface area contributed by atoms with Gasteiger partial charge in [0, 0.05) is 30.9 Å². The maximum absolute atomic E-state index is 13.6. The Balaban J connectivity index is 1.01. The van der Waals surface area contributed by atoms with Crippen molar-refractivity contribution in [3.8, 4) is 0 Å². The first-order valence-corrected chi connectivity index (χ1v) is 34.6. The summed E-state index contributed by atoms with van der Waals surface area (Å²) in [5.41, 5.74) is 0. The fourth-order valence-corrected chi connectivity index (χ4v) is 14.7. The van der Waals surface area contributed by atoms with E-state index in [4.69, 9.17) is 61.9 Å². The zero-order valence-corrected chi connectivity index (χ0v) is 56.4. The van der Waals surface area contributed by atoms with Gasteiger partial charge in [0.05, 0.1) is 73.8 Å². The number of aliphatic hydroxyl groups excluding tert-OH is 19. The fraction of sp³-hybridized carbons (Fsp3) is 0.828. The molecule has 9 aliphatic rings. The van der Waals surface area contributed by atoms with Crippen molar-refractivity contribution in [3.63, 3.8) is 0 Å². The number of hydrogen-bond acceptors (Lipinski definition) is 39. The van der Waals surface area contributed by atoms with Crippen molar-refractivity contribution in [3.05, 3.63) is 24.3 Å². The molecule has 0 aromatic heterocycles. The average molecular weight is 1540 g/mol. The van der Waals surface area contributed by atoms with E-state index in [0.717, 1.165) is 12.2 Å². The van der Waals surface area contributed by atoms with E-state index < -0.39 is 313 Å². The Hall–Kier alpha value is -5.35. The summed E-state index contributed by atoms with van der Waals surface area (Å²) in [6.45, 7) is -2.98. The molecule has 5 aliphatic heterocycles. The van der Waals surface area contributed by atoms with Crippen LogP contribution in [0.5, 0.6) is 0 Å². The van der Waals surface area contributed by atoms with Crippen molar-refractivity contribution in [1.82, 2.24) is 0 Å². The number of rotatable bonds is 26.